The van der Waals surface area contributed by atoms with E-state index in [1.165, 1.54) is 0 Å². The molecule has 0 saturated carbocycles. The third kappa shape index (κ3) is 2.98. The van der Waals surface area contributed by atoms with Crippen molar-refractivity contribution in [3.8, 4) is 0 Å². The molecule has 0 aliphatic carbocycles. The maximum absolute atomic E-state index is 13.0. The van der Waals surface area contributed by atoms with E-state index in [-0.39, 0.29) is 17.9 Å². The summed E-state index contributed by atoms with van der Waals surface area (Å²) in [5.74, 6) is 0.648. The molecule has 0 radical (unpaired) electrons. The number of nitrogens with zero attached hydrogens (tertiary/aromatic N) is 2. The van der Waals surface area contributed by atoms with Crippen LogP contribution in [-0.4, -0.2) is 60.9 Å². The van der Waals surface area contributed by atoms with Gasteiger partial charge in [-0.3, -0.25) is 9.59 Å². The molecular formula is C20H25N3O3. The summed E-state index contributed by atoms with van der Waals surface area (Å²) in [5.41, 5.74) is 1.38. The number of carbonyl (C=O) groups is 2. The number of likely N-dealkylation sites (N-methyl/N-ethyl adjacent to an activating group) is 1. The molecule has 3 heterocycles. The number of hydrogen-bond donors (Lipinski definition) is 1. The maximum atomic E-state index is 13.0. The van der Waals surface area contributed by atoms with Crippen LogP contribution < -0.4 is 5.32 Å². The summed E-state index contributed by atoms with van der Waals surface area (Å²) in [7, 11) is 1.91. The van der Waals surface area contributed by atoms with E-state index in [1.54, 1.807) is 6.26 Å². The van der Waals surface area contributed by atoms with Gasteiger partial charge in [0.1, 0.15) is 11.8 Å². The van der Waals surface area contributed by atoms with E-state index < -0.39 is 0 Å². The molecule has 2 saturated heterocycles. The minimum absolute atomic E-state index is 0.0343. The largest absolute Gasteiger partial charge is 0.463 e. The molecule has 6 heteroatoms. The zero-order valence-electron chi connectivity index (χ0n) is 15.1. The number of nitrogens with one attached hydrogen (secondary N) is 1. The van der Waals surface area contributed by atoms with Gasteiger partial charge >= 0.3 is 0 Å². The van der Waals surface area contributed by atoms with Gasteiger partial charge < -0.3 is 19.5 Å². The normalized spacial score (nSPS) is 23.3. The van der Waals surface area contributed by atoms with Gasteiger partial charge in [-0.15, -0.1) is 0 Å². The lowest BCUT2D eigenvalue weighted by Crippen LogP contribution is -2.57. The fraction of sp³-hybridized carbons (Fsp3) is 0.500. The van der Waals surface area contributed by atoms with E-state index in [9.17, 15) is 9.59 Å². The SMILES string of the molecule is CNCCN1C(=O)CC[C@H]2CN(C(=O)c3coc4ccccc34)CC[C@H]21. The number of para-hydroxylation sites is 1. The minimum Gasteiger partial charge on any atom is -0.463 e. The van der Waals surface area contributed by atoms with Crippen LogP contribution >= 0.6 is 0 Å². The lowest BCUT2D eigenvalue weighted by atomic mass is 9.83. The highest BCUT2D eigenvalue weighted by Crippen LogP contribution is 2.32. The molecule has 0 spiro atoms. The van der Waals surface area contributed by atoms with E-state index in [1.807, 2.05) is 41.1 Å². The van der Waals surface area contributed by atoms with Crippen molar-refractivity contribution in [1.82, 2.24) is 15.1 Å². The van der Waals surface area contributed by atoms with E-state index >= 15 is 0 Å². The van der Waals surface area contributed by atoms with Gasteiger partial charge in [-0.2, -0.15) is 0 Å². The first-order valence-electron chi connectivity index (χ1n) is 9.38. The lowest BCUT2D eigenvalue weighted by molar-refractivity contribution is -0.140. The summed E-state index contributed by atoms with van der Waals surface area (Å²) < 4.78 is 5.54. The Kier molecular flexibility index (Phi) is 4.68. The van der Waals surface area contributed by atoms with Gasteiger partial charge in [-0.25, -0.2) is 0 Å². The summed E-state index contributed by atoms with van der Waals surface area (Å²) in [6, 6.07) is 7.90. The second-order valence-electron chi connectivity index (χ2n) is 7.24. The molecule has 2 aliphatic rings. The van der Waals surface area contributed by atoms with E-state index in [2.05, 4.69) is 5.32 Å². The molecule has 1 aromatic carbocycles. The van der Waals surface area contributed by atoms with Crippen molar-refractivity contribution in [3.63, 3.8) is 0 Å². The first-order valence-corrected chi connectivity index (χ1v) is 9.38. The molecule has 6 nitrogen and oxygen atoms in total. The number of benzene rings is 1. The molecule has 26 heavy (non-hydrogen) atoms. The highest BCUT2D eigenvalue weighted by Gasteiger charge is 2.40. The van der Waals surface area contributed by atoms with E-state index in [0.717, 1.165) is 36.9 Å². The second kappa shape index (κ2) is 7.11. The zero-order valence-corrected chi connectivity index (χ0v) is 15.1. The van der Waals surface area contributed by atoms with Gasteiger partial charge in [0, 0.05) is 44.0 Å². The van der Waals surface area contributed by atoms with Crippen LogP contribution in [0.5, 0.6) is 0 Å². The molecule has 1 N–H and O–H groups in total. The molecule has 4 rings (SSSR count). The molecule has 2 fully saturated rings. The molecule has 2 aliphatic heterocycles. The highest BCUT2D eigenvalue weighted by molar-refractivity contribution is 6.05. The van der Waals surface area contributed by atoms with Crippen LogP contribution in [0.3, 0.4) is 0 Å². The number of carbonyl (C=O) groups excluding carboxylic acids is 2. The number of furan rings is 1. The van der Waals surface area contributed by atoms with Crippen LogP contribution in [0.15, 0.2) is 34.9 Å². The van der Waals surface area contributed by atoms with Gasteiger partial charge in [0.25, 0.3) is 5.91 Å². The first-order chi connectivity index (χ1) is 12.7. The van der Waals surface area contributed by atoms with Crippen LogP contribution in [0.2, 0.25) is 0 Å². The Labute approximate surface area is 153 Å². The molecule has 2 amide bonds. The molecule has 138 valence electrons. The standard InChI is InChI=1S/C20H25N3O3/c1-21-9-11-23-17-8-10-22(12-14(17)6-7-19(23)24)20(25)16-13-26-18-5-3-2-4-15(16)18/h2-5,13-14,17,21H,6-12H2,1H3/t14-,17+/m0/s1. The van der Waals surface area contributed by atoms with Crippen molar-refractivity contribution < 1.29 is 14.0 Å². The van der Waals surface area contributed by atoms with Crippen LogP contribution in [0, 0.1) is 5.92 Å². The Morgan fingerprint density at radius 1 is 1.31 bits per heavy atom. The van der Waals surface area contributed by atoms with Crippen LogP contribution in [-0.2, 0) is 4.79 Å². The smallest absolute Gasteiger partial charge is 0.257 e. The number of fused-ring (bicyclic) bond motifs is 2. The summed E-state index contributed by atoms with van der Waals surface area (Å²) in [5, 5.41) is 3.99. The van der Waals surface area contributed by atoms with Crippen molar-refractivity contribution in [2.24, 2.45) is 5.92 Å². The van der Waals surface area contributed by atoms with Gasteiger partial charge in [-0.1, -0.05) is 18.2 Å². The van der Waals surface area contributed by atoms with Gasteiger partial charge in [0.05, 0.1) is 5.56 Å². The van der Waals surface area contributed by atoms with Crippen LogP contribution in [0.25, 0.3) is 11.0 Å². The number of piperidine rings is 2. The highest BCUT2D eigenvalue weighted by atomic mass is 16.3. The third-order valence-electron chi connectivity index (χ3n) is 5.74. The van der Waals surface area contributed by atoms with Crippen molar-refractivity contribution in [2.45, 2.75) is 25.3 Å². The molecule has 1 aromatic heterocycles. The predicted molar refractivity (Wildman–Crippen MR) is 98.9 cm³/mol. The Bertz CT molecular complexity index is 815. The summed E-state index contributed by atoms with van der Waals surface area (Å²) in [6.45, 7) is 2.95. The summed E-state index contributed by atoms with van der Waals surface area (Å²) >= 11 is 0. The zero-order chi connectivity index (χ0) is 18.1. The molecule has 2 aromatic rings. The second-order valence-corrected chi connectivity index (χ2v) is 7.24. The van der Waals surface area contributed by atoms with Crippen molar-refractivity contribution in [2.75, 3.05) is 33.2 Å². The predicted octanol–water partition coefficient (Wildman–Crippen LogP) is 2.11. The summed E-state index contributed by atoms with van der Waals surface area (Å²) in [6.07, 6.45) is 3.88. The topological polar surface area (TPSA) is 65.8 Å². The number of hydrogen-bond acceptors (Lipinski definition) is 4. The van der Waals surface area contributed by atoms with Crippen molar-refractivity contribution in [3.05, 3.63) is 36.1 Å². The maximum Gasteiger partial charge on any atom is 0.257 e. The average molecular weight is 355 g/mol. The van der Waals surface area contributed by atoms with Gasteiger partial charge in [-0.05, 0) is 31.9 Å². The Balaban J connectivity index is 1.49. The Hall–Kier alpha value is -2.34. The summed E-state index contributed by atoms with van der Waals surface area (Å²) in [4.78, 5) is 29.3. The van der Waals surface area contributed by atoms with Crippen molar-refractivity contribution in [1.29, 1.82) is 0 Å². The number of likely N-dealkylation sites (tertiary alicyclic amines) is 2. The molecule has 0 bridgehead atoms. The monoisotopic (exact) mass is 355 g/mol. The van der Waals surface area contributed by atoms with Gasteiger partial charge in [0.2, 0.25) is 5.91 Å². The lowest BCUT2D eigenvalue weighted by Gasteiger charge is -2.47. The first kappa shape index (κ1) is 17.1. The Morgan fingerprint density at radius 2 is 2.15 bits per heavy atom. The van der Waals surface area contributed by atoms with E-state index in [4.69, 9.17) is 4.42 Å². The minimum atomic E-state index is 0.0343. The Morgan fingerprint density at radius 3 is 3.00 bits per heavy atom. The van der Waals surface area contributed by atoms with Crippen LogP contribution in [0.4, 0.5) is 0 Å². The number of amides is 2. The fourth-order valence-corrected chi connectivity index (χ4v) is 4.37. The quantitative estimate of drug-likeness (QED) is 0.912. The fourth-order valence-electron chi connectivity index (χ4n) is 4.37. The third-order valence-corrected chi connectivity index (χ3v) is 5.74. The number of rotatable bonds is 4. The van der Waals surface area contributed by atoms with Crippen LogP contribution in [0.1, 0.15) is 29.6 Å². The molecular weight excluding hydrogens is 330 g/mol. The van der Waals surface area contributed by atoms with Crippen molar-refractivity contribution >= 4 is 22.8 Å². The molecule has 2 atom stereocenters. The average Bonchev–Trinajstić information content (AvgIpc) is 3.10. The van der Waals surface area contributed by atoms with Gasteiger partial charge in [0.15, 0.2) is 0 Å². The van der Waals surface area contributed by atoms with E-state index in [0.29, 0.717) is 31.0 Å². The molecule has 0 unspecified atom stereocenters.